The van der Waals surface area contributed by atoms with Gasteiger partial charge in [0.25, 0.3) is 5.91 Å². The molecule has 1 heterocycles. The maximum atomic E-state index is 13.3. The van der Waals surface area contributed by atoms with Crippen molar-refractivity contribution in [1.29, 1.82) is 0 Å². The summed E-state index contributed by atoms with van der Waals surface area (Å²) in [6.45, 7) is 0.767. The normalized spacial score (nSPS) is 13.3. The van der Waals surface area contributed by atoms with E-state index in [0.717, 1.165) is 16.7 Å². The molecule has 3 aromatic rings. The maximum absolute atomic E-state index is 13.3. The van der Waals surface area contributed by atoms with Gasteiger partial charge < -0.3 is 24.4 Å². The molecule has 2 amide bonds. The zero-order chi connectivity index (χ0) is 24.1. The first kappa shape index (κ1) is 23.2. The molecule has 1 N–H and O–H groups in total. The van der Waals surface area contributed by atoms with E-state index in [1.165, 1.54) is 0 Å². The summed E-state index contributed by atoms with van der Waals surface area (Å²) in [6.07, 6.45) is 0.102. The molecule has 7 nitrogen and oxygen atoms in total. The fourth-order valence-corrected chi connectivity index (χ4v) is 4.29. The topological polar surface area (TPSA) is 77.1 Å². The van der Waals surface area contributed by atoms with Crippen LogP contribution in [0.25, 0.3) is 0 Å². The average Bonchev–Trinajstić information content (AvgIpc) is 3.21. The van der Waals surface area contributed by atoms with E-state index in [1.807, 2.05) is 60.7 Å². The zero-order valence-corrected chi connectivity index (χ0v) is 19.5. The molecule has 0 unspecified atom stereocenters. The summed E-state index contributed by atoms with van der Waals surface area (Å²) in [5, 5.41) is 2.97. The van der Waals surface area contributed by atoms with Crippen LogP contribution in [-0.2, 0) is 17.9 Å². The van der Waals surface area contributed by atoms with Crippen LogP contribution in [0.3, 0.4) is 0 Å². The summed E-state index contributed by atoms with van der Waals surface area (Å²) in [7, 11) is 4.73. The predicted molar refractivity (Wildman–Crippen MR) is 128 cm³/mol. The number of nitrogens with one attached hydrogen (secondary N) is 1. The molecule has 1 aliphatic heterocycles. The van der Waals surface area contributed by atoms with Crippen LogP contribution in [0.4, 0.5) is 0 Å². The molecule has 0 radical (unpaired) electrons. The molecule has 4 rings (SSSR count). The van der Waals surface area contributed by atoms with Crippen molar-refractivity contribution in [3.63, 3.8) is 0 Å². The SMILES string of the molecule is COc1ccccc1CNC(=O)C[C@@H](c1ccc(OC)c(OC)c1)N1Cc2ccccc2C1=O. The van der Waals surface area contributed by atoms with E-state index in [2.05, 4.69) is 5.32 Å². The Morgan fingerprint density at radius 2 is 1.62 bits per heavy atom. The fraction of sp³-hybridized carbons (Fsp3) is 0.259. The molecule has 0 spiro atoms. The summed E-state index contributed by atoms with van der Waals surface area (Å²) in [5.74, 6) is 1.58. The van der Waals surface area contributed by atoms with Crippen LogP contribution in [0.1, 0.15) is 39.5 Å². The Hall–Kier alpha value is -4.00. The molecular formula is C27H28N2O5. The molecule has 0 fully saturated rings. The summed E-state index contributed by atoms with van der Waals surface area (Å²) >= 11 is 0. The Bertz CT molecular complexity index is 1190. The van der Waals surface area contributed by atoms with Crippen molar-refractivity contribution in [1.82, 2.24) is 10.2 Å². The predicted octanol–water partition coefficient (Wildman–Crippen LogP) is 4.12. The number of amides is 2. The fourth-order valence-electron chi connectivity index (χ4n) is 4.29. The van der Waals surface area contributed by atoms with Crippen LogP contribution in [0.5, 0.6) is 17.2 Å². The van der Waals surface area contributed by atoms with Crippen molar-refractivity contribution in [2.75, 3.05) is 21.3 Å². The van der Waals surface area contributed by atoms with Gasteiger partial charge in [-0.1, -0.05) is 42.5 Å². The Morgan fingerprint density at radius 3 is 2.35 bits per heavy atom. The van der Waals surface area contributed by atoms with Gasteiger partial charge >= 0.3 is 0 Å². The monoisotopic (exact) mass is 460 g/mol. The Balaban J connectivity index is 1.59. The number of hydrogen-bond acceptors (Lipinski definition) is 5. The molecular weight excluding hydrogens is 432 g/mol. The first-order chi connectivity index (χ1) is 16.5. The molecule has 0 aromatic heterocycles. The maximum Gasteiger partial charge on any atom is 0.255 e. The molecule has 1 aliphatic rings. The van der Waals surface area contributed by atoms with Crippen LogP contribution in [0.2, 0.25) is 0 Å². The van der Waals surface area contributed by atoms with E-state index in [-0.39, 0.29) is 18.2 Å². The average molecular weight is 461 g/mol. The lowest BCUT2D eigenvalue weighted by atomic mass is 10.0. The number of hydrogen-bond donors (Lipinski definition) is 1. The van der Waals surface area contributed by atoms with Gasteiger partial charge in [-0.3, -0.25) is 9.59 Å². The van der Waals surface area contributed by atoms with E-state index in [4.69, 9.17) is 14.2 Å². The van der Waals surface area contributed by atoms with E-state index in [9.17, 15) is 9.59 Å². The molecule has 0 saturated carbocycles. The third-order valence-electron chi connectivity index (χ3n) is 6.07. The van der Waals surface area contributed by atoms with Gasteiger partial charge in [-0.15, -0.1) is 0 Å². The molecule has 3 aromatic carbocycles. The van der Waals surface area contributed by atoms with E-state index >= 15 is 0 Å². The lowest BCUT2D eigenvalue weighted by Gasteiger charge is -2.28. The smallest absolute Gasteiger partial charge is 0.255 e. The summed E-state index contributed by atoms with van der Waals surface area (Å²) < 4.78 is 16.2. The van der Waals surface area contributed by atoms with Crippen molar-refractivity contribution in [2.45, 2.75) is 25.6 Å². The first-order valence-corrected chi connectivity index (χ1v) is 11.0. The minimum absolute atomic E-state index is 0.0899. The van der Waals surface area contributed by atoms with Gasteiger partial charge in [0.15, 0.2) is 11.5 Å². The molecule has 7 heteroatoms. The number of rotatable bonds is 9. The van der Waals surface area contributed by atoms with Crippen LogP contribution in [-0.4, -0.2) is 38.0 Å². The number of fused-ring (bicyclic) bond motifs is 1. The quantitative estimate of drug-likeness (QED) is 0.520. The van der Waals surface area contributed by atoms with Crippen molar-refractivity contribution in [2.24, 2.45) is 0 Å². The summed E-state index contributed by atoms with van der Waals surface area (Å²) in [6, 6.07) is 20.1. The second kappa shape index (κ2) is 10.3. The number of ether oxygens (including phenoxy) is 3. The van der Waals surface area contributed by atoms with E-state index in [1.54, 1.807) is 32.3 Å². The Kier molecular flexibility index (Phi) is 7.01. The zero-order valence-electron chi connectivity index (χ0n) is 19.5. The molecule has 34 heavy (non-hydrogen) atoms. The third kappa shape index (κ3) is 4.69. The minimum Gasteiger partial charge on any atom is -0.496 e. The van der Waals surface area contributed by atoms with Gasteiger partial charge in [0, 0.05) is 24.2 Å². The summed E-state index contributed by atoms with van der Waals surface area (Å²) in [4.78, 5) is 28.1. The number of benzene rings is 3. The first-order valence-electron chi connectivity index (χ1n) is 11.0. The highest BCUT2D eigenvalue weighted by Gasteiger charge is 2.34. The summed E-state index contributed by atoms with van der Waals surface area (Å²) in [5.41, 5.74) is 3.30. The molecule has 0 bridgehead atoms. The number of methoxy groups -OCH3 is 3. The lowest BCUT2D eigenvalue weighted by Crippen LogP contribution is -2.34. The number of nitrogens with zero attached hydrogens (tertiary/aromatic N) is 1. The van der Waals surface area contributed by atoms with E-state index in [0.29, 0.717) is 35.9 Å². The van der Waals surface area contributed by atoms with Gasteiger partial charge in [-0.2, -0.15) is 0 Å². The highest BCUT2D eigenvalue weighted by atomic mass is 16.5. The highest BCUT2D eigenvalue weighted by Crippen LogP contribution is 2.37. The number of carbonyl (C=O) groups is 2. The van der Waals surface area contributed by atoms with Crippen LogP contribution < -0.4 is 19.5 Å². The molecule has 176 valence electrons. The third-order valence-corrected chi connectivity index (χ3v) is 6.07. The van der Waals surface area contributed by atoms with Crippen LogP contribution in [0.15, 0.2) is 66.7 Å². The van der Waals surface area contributed by atoms with Crippen molar-refractivity contribution in [3.05, 3.63) is 89.0 Å². The van der Waals surface area contributed by atoms with Crippen molar-refractivity contribution in [3.8, 4) is 17.2 Å². The van der Waals surface area contributed by atoms with E-state index < -0.39 is 6.04 Å². The Morgan fingerprint density at radius 1 is 0.912 bits per heavy atom. The molecule has 1 atom stereocenters. The van der Waals surface area contributed by atoms with Gasteiger partial charge in [-0.05, 0) is 35.4 Å². The minimum atomic E-state index is -0.475. The standard InChI is InChI=1S/C27H28N2O5/c1-32-23-11-7-5-8-19(23)16-28-26(30)15-22(18-12-13-24(33-2)25(14-18)34-3)29-17-20-9-4-6-10-21(20)27(29)31/h4-14,22H,15-17H2,1-3H3,(H,28,30)/t22-/m0/s1. The van der Waals surface area contributed by atoms with Gasteiger partial charge in [0.05, 0.1) is 33.8 Å². The molecule has 0 saturated heterocycles. The lowest BCUT2D eigenvalue weighted by molar-refractivity contribution is -0.122. The number of para-hydroxylation sites is 1. The Labute approximate surface area is 199 Å². The second-order valence-electron chi connectivity index (χ2n) is 8.01. The largest absolute Gasteiger partial charge is 0.496 e. The van der Waals surface area contributed by atoms with Gasteiger partial charge in [0.1, 0.15) is 5.75 Å². The highest BCUT2D eigenvalue weighted by molar-refractivity contribution is 5.98. The second-order valence-corrected chi connectivity index (χ2v) is 8.01. The van der Waals surface area contributed by atoms with Gasteiger partial charge in [0.2, 0.25) is 5.91 Å². The molecule has 0 aliphatic carbocycles. The van der Waals surface area contributed by atoms with Crippen LogP contribution >= 0.6 is 0 Å². The van der Waals surface area contributed by atoms with Crippen molar-refractivity contribution >= 4 is 11.8 Å². The van der Waals surface area contributed by atoms with Crippen molar-refractivity contribution < 1.29 is 23.8 Å². The van der Waals surface area contributed by atoms with Crippen LogP contribution in [0, 0.1) is 0 Å². The number of carbonyl (C=O) groups excluding carboxylic acids is 2. The van der Waals surface area contributed by atoms with Gasteiger partial charge in [-0.25, -0.2) is 0 Å².